The number of aryl methyl sites for hydroxylation is 1. The number of carbonyl (C=O) groups is 1. The van der Waals surface area contributed by atoms with Crippen LogP contribution in [0.2, 0.25) is 0 Å². The molecule has 0 atom stereocenters. The molecule has 2 rings (SSSR count). The van der Waals surface area contributed by atoms with E-state index >= 15 is 0 Å². The molecule has 0 N–H and O–H groups in total. The number of aromatic nitrogens is 1. The van der Waals surface area contributed by atoms with Crippen LogP contribution in [0.3, 0.4) is 0 Å². The van der Waals surface area contributed by atoms with Crippen molar-refractivity contribution < 1.29 is 13.9 Å². The predicted octanol–water partition coefficient (Wildman–Crippen LogP) is 2.40. The van der Waals surface area contributed by atoms with E-state index in [0.29, 0.717) is 6.54 Å². The maximum Gasteiger partial charge on any atom is 0.311 e. The van der Waals surface area contributed by atoms with E-state index in [1.54, 1.807) is 0 Å². The van der Waals surface area contributed by atoms with Crippen molar-refractivity contribution in [3.05, 3.63) is 34.7 Å². The van der Waals surface area contributed by atoms with E-state index in [2.05, 4.69) is 9.72 Å². The summed E-state index contributed by atoms with van der Waals surface area (Å²) in [5.41, 5.74) is 0.731. The maximum atomic E-state index is 11.2. The molecule has 0 bridgehead atoms. The summed E-state index contributed by atoms with van der Waals surface area (Å²) in [5.74, 6) is 1.51. The Bertz CT molecular complexity index is 562. The van der Waals surface area contributed by atoms with Crippen LogP contribution in [0.5, 0.6) is 0 Å². The first kappa shape index (κ1) is 13.6. The molecule has 2 aromatic heterocycles. The lowest BCUT2D eigenvalue weighted by Crippen LogP contribution is -2.16. The summed E-state index contributed by atoms with van der Waals surface area (Å²) in [4.78, 5) is 17.6. The second-order valence-electron chi connectivity index (χ2n) is 4.24. The Balaban J connectivity index is 1.99. The van der Waals surface area contributed by atoms with Gasteiger partial charge in [-0.3, -0.25) is 4.79 Å². The lowest BCUT2D eigenvalue weighted by atomic mass is 10.3. The highest BCUT2D eigenvalue weighted by Gasteiger charge is 2.11. The van der Waals surface area contributed by atoms with Crippen molar-refractivity contribution in [1.29, 1.82) is 0 Å². The van der Waals surface area contributed by atoms with Gasteiger partial charge in [0.25, 0.3) is 0 Å². The highest BCUT2D eigenvalue weighted by molar-refractivity contribution is 7.13. The summed E-state index contributed by atoms with van der Waals surface area (Å²) >= 11 is 1.50. The van der Waals surface area contributed by atoms with E-state index < -0.39 is 0 Å². The molecule has 0 fully saturated rings. The van der Waals surface area contributed by atoms with Crippen molar-refractivity contribution in [3.63, 3.8) is 0 Å². The third kappa shape index (κ3) is 3.57. The van der Waals surface area contributed by atoms with Gasteiger partial charge in [0.1, 0.15) is 11.5 Å². The fraction of sp³-hybridized carbons (Fsp3) is 0.385. The summed E-state index contributed by atoms with van der Waals surface area (Å²) in [6, 6.07) is 3.89. The molecule has 0 aliphatic rings. The smallest absolute Gasteiger partial charge is 0.311 e. The van der Waals surface area contributed by atoms with E-state index in [1.165, 1.54) is 18.4 Å². The zero-order valence-electron chi connectivity index (χ0n) is 11.2. The lowest BCUT2D eigenvalue weighted by Gasteiger charge is -2.13. The van der Waals surface area contributed by atoms with Gasteiger partial charge in [-0.2, -0.15) is 0 Å². The number of rotatable bonds is 5. The molecule has 2 heterocycles. The number of nitrogens with zero attached hydrogens (tertiary/aromatic N) is 2. The van der Waals surface area contributed by atoms with Crippen molar-refractivity contribution in [2.24, 2.45) is 0 Å². The Morgan fingerprint density at radius 3 is 2.95 bits per heavy atom. The Morgan fingerprint density at radius 2 is 2.32 bits per heavy atom. The molecular formula is C13H16N2O3S. The van der Waals surface area contributed by atoms with Gasteiger partial charge in [0.15, 0.2) is 5.13 Å². The second kappa shape index (κ2) is 5.88. The fourth-order valence-electron chi connectivity index (χ4n) is 1.64. The van der Waals surface area contributed by atoms with Crippen molar-refractivity contribution >= 4 is 22.4 Å². The Hall–Kier alpha value is -1.82. The molecule has 2 aromatic rings. The maximum absolute atomic E-state index is 11.2. The van der Waals surface area contributed by atoms with E-state index in [0.717, 1.165) is 22.3 Å². The first-order valence-electron chi connectivity index (χ1n) is 5.86. The van der Waals surface area contributed by atoms with Crippen molar-refractivity contribution in [1.82, 2.24) is 4.98 Å². The zero-order chi connectivity index (χ0) is 13.8. The number of furan rings is 1. The van der Waals surface area contributed by atoms with Gasteiger partial charge in [0.05, 0.1) is 25.8 Å². The molecule has 102 valence electrons. The molecule has 0 saturated carbocycles. The summed E-state index contributed by atoms with van der Waals surface area (Å²) < 4.78 is 10.1. The van der Waals surface area contributed by atoms with E-state index in [9.17, 15) is 4.79 Å². The number of hydrogen-bond acceptors (Lipinski definition) is 6. The SMILES string of the molecule is COC(=O)Cc1csc(N(C)Cc2ccc(C)o2)n1. The number of thiazole rings is 1. The number of methoxy groups -OCH3 is 1. The van der Waals surface area contributed by atoms with Crippen LogP contribution in [-0.2, 0) is 22.5 Å². The van der Waals surface area contributed by atoms with Gasteiger partial charge in [0, 0.05) is 12.4 Å². The molecule has 0 saturated heterocycles. The highest BCUT2D eigenvalue weighted by atomic mass is 32.1. The predicted molar refractivity (Wildman–Crippen MR) is 73.4 cm³/mol. The Kier molecular flexibility index (Phi) is 4.21. The van der Waals surface area contributed by atoms with Crippen molar-refractivity contribution in [3.8, 4) is 0 Å². The number of anilines is 1. The first-order chi connectivity index (χ1) is 9.08. The third-order valence-corrected chi connectivity index (χ3v) is 3.61. The van der Waals surface area contributed by atoms with Crippen LogP contribution < -0.4 is 4.90 Å². The molecule has 6 heteroatoms. The highest BCUT2D eigenvalue weighted by Crippen LogP contribution is 2.22. The van der Waals surface area contributed by atoms with Gasteiger partial charge >= 0.3 is 5.97 Å². The standard InChI is InChI=1S/C13H16N2O3S/c1-9-4-5-11(18-9)7-15(2)13-14-10(8-19-13)6-12(16)17-3/h4-5,8H,6-7H2,1-3H3. The molecule has 5 nitrogen and oxygen atoms in total. The van der Waals surface area contributed by atoms with E-state index in [4.69, 9.17) is 4.42 Å². The molecule has 0 radical (unpaired) electrons. The molecule has 0 aromatic carbocycles. The van der Waals surface area contributed by atoms with Crippen LogP contribution >= 0.6 is 11.3 Å². The van der Waals surface area contributed by atoms with Crippen LogP contribution in [-0.4, -0.2) is 25.1 Å². The minimum Gasteiger partial charge on any atom is -0.469 e. The molecule has 0 aliphatic heterocycles. The number of carbonyl (C=O) groups excluding carboxylic acids is 1. The summed E-state index contributed by atoms with van der Waals surface area (Å²) in [6.45, 7) is 2.57. The van der Waals surface area contributed by atoms with Crippen molar-refractivity contribution in [2.45, 2.75) is 19.9 Å². The van der Waals surface area contributed by atoms with Gasteiger partial charge in [-0.25, -0.2) is 4.98 Å². The number of ether oxygens (including phenoxy) is 1. The average molecular weight is 280 g/mol. The van der Waals surface area contributed by atoms with Crippen LogP contribution in [0.25, 0.3) is 0 Å². The summed E-state index contributed by atoms with van der Waals surface area (Å²) in [5, 5.41) is 2.73. The van der Waals surface area contributed by atoms with Gasteiger partial charge in [-0.05, 0) is 19.1 Å². The second-order valence-corrected chi connectivity index (χ2v) is 5.08. The van der Waals surface area contributed by atoms with Gasteiger partial charge < -0.3 is 14.1 Å². The van der Waals surface area contributed by atoms with E-state index in [1.807, 2.05) is 36.4 Å². The number of hydrogen-bond donors (Lipinski definition) is 0. The largest absolute Gasteiger partial charge is 0.469 e. The summed E-state index contributed by atoms with van der Waals surface area (Å²) in [6.07, 6.45) is 0.209. The lowest BCUT2D eigenvalue weighted by molar-refractivity contribution is -0.139. The van der Waals surface area contributed by atoms with Gasteiger partial charge in [-0.15, -0.1) is 11.3 Å². The Morgan fingerprint density at radius 1 is 1.53 bits per heavy atom. The van der Waals surface area contributed by atoms with E-state index in [-0.39, 0.29) is 12.4 Å². The Labute approximate surface area is 115 Å². The molecule has 0 unspecified atom stereocenters. The van der Waals surface area contributed by atoms with Crippen LogP contribution in [0, 0.1) is 6.92 Å². The summed E-state index contributed by atoms with van der Waals surface area (Å²) in [7, 11) is 3.32. The molecule has 19 heavy (non-hydrogen) atoms. The molecular weight excluding hydrogens is 264 g/mol. The van der Waals surface area contributed by atoms with Gasteiger partial charge in [0.2, 0.25) is 0 Å². The minimum atomic E-state index is -0.277. The fourth-order valence-corrected chi connectivity index (χ4v) is 2.44. The molecule has 0 spiro atoms. The topological polar surface area (TPSA) is 55.6 Å². The first-order valence-corrected chi connectivity index (χ1v) is 6.74. The molecule has 0 amide bonds. The number of esters is 1. The van der Waals surface area contributed by atoms with Crippen LogP contribution in [0.4, 0.5) is 5.13 Å². The minimum absolute atomic E-state index is 0.209. The van der Waals surface area contributed by atoms with Crippen LogP contribution in [0.15, 0.2) is 21.9 Å². The third-order valence-electron chi connectivity index (χ3n) is 2.61. The average Bonchev–Trinajstić information content (AvgIpc) is 2.98. The molecule has 0 aliphatic carbocycles. The quantitative estimate of drug-likeness (QED) is 0.787. The van der Waals surface area contributed by atoms with Gasteiger partial charge in [-0.1, -0.05) is 0 Å². The van der Waals surface area contributed by atoms with Crippen molar-refractivity contribution in [2.75, 3.05) is 19.1 Å². The zero-order valence-corrected chi connectivity index (χ0v) is 12.0. The monoisotopic (exact) mass is 280 g/mol. The normalized spacial score (nSPS) is 10.5. The van der Waals surface area contributed by atoms with Crippen LogP contribution in [0.1, 0.15) is 17.2 Å².